The average molecular weight is 655 g/mol. The first-order valence-electron chi connectivity index (χ1n) is 14.4. The number of aliphatic hydroxyl groups is 1. The molecule has 0 spiro atoms. The molecule has 45 heavy (non-hydrogen) atoms. The number of ether oxygens (including phenoxy) is 4. The lowest BCUT2D eigenvalue weighted by atomic mass is 10.1. The van der Waals surface area contributed by atoms with Crippen LogP contribution in [0.15, 0.2) is 117 Å². The summed E-state index contributed by atoms with van der Waals surface area (Å²) in [4.78, 5) is -0.0182. The summed E-state index contributed by atoms with van der Waals surface area (Å²) in [6, 6.07) is 24.5. The predicted molar refractivity (Wildman–Crippen MR) is 170 cm³/mol. The van der Waals surface area contributed by atoms with Crippen molar-refractivity contribution in [3.8, 4) is 23.0 Å². The molecule has 0 atom stereocenters. The van der Waals surface area contributed by atoms with Gasteiger partial charge in [0.2, 0.25) is 19.7 Å². The van der Waals surface area contributed by atoms with Gasteiger partial charge in [0.05, 0.1) is 22.0 Å². The minimum Gasteiger partial charge on any atom is -0.491 e. The van der Waals surface area contributed by atoms with Crippen molar-refractivity contribution in [3.63, 3.8) is 0 Å². The van der Waals surface area contributed by atoms with Crippen LogP contribution in [0.1, 0.15) is 34.6 Å². The van der Waals surface area contributed by atoms with Gasteiger partial charge in [-0.2, -0.15) is 0 Å². The number of hydrogen-bond acceptors (Lipinski definition) is 9. The summed E-state index contributed by atoms with van der Waals surface area (Å²) < 4.78 is 76.7. The number of rotatable bonds is 14. The van der Waals surface area contributed by atoms with Gasteiger partial charge in [-0.05, 0) is 107 Å². The fourth-order valence-corrected chi connectivity index (χ4v) is 7.08. The Morgan fingerprint density at radius 2 is 0.911 bits per heavy atom. The van der Waals surface area contributed by atoms with Crippen LogP contribution in [0.3, 0.4) is 0 Å². The van der Waals surface area contributed by atoms with Crippen molar-refractivity contribution in [2.45, 2.75) is 72.0 Å². The predicted octanol–water partition coefficient (Wildman–Crippen LogP) is 6.14. The number of para-hydroxylation sites is 2. The molecule has 0 aliphatic heterocycles. The third-order valence-electron chi connectivity index (χ3n) is 6.37. The van der Waals surface area contributed by atoms with Crippen molar-refractivity contribution in [3.05, 3.63) is 97.1 Å². The third-order valence-corrected chi connectivity index (χ3v) is 9.98. The molecule has 0 aliphatic carbocycles. The first-order valence-corrected chi connectivity index (χ1v) is 17.4. The van der Waals surface area contributed by atoms with Crippen LogP contribution in [0.25, 0.3) is 0 Å². The maximum atomic E-state index is 13.5. The van der Waals surface area contributed by atoms with Crippen LogP contribution in [0.5, 0.6) is 23.0 Å². The average Bonchev–Trinajstić information content (AvgIpc) is 2.99. The summed E-state index contributed by atoms with van der Waals surface area (Å²) in [7, 11) is -7.93. The van der Waals surface area contributed by atoms with Crippen LogP contribution >= 0.6 is 0 Å². The third kappa shape index (κ3) is 8.56. The van der Waals surface area contributed by atoms with E-state index in [2.05, 4.69) is 0 Å². The topological polar surface area (TPSA) is 125 Å². The molecular weight excluding hydrogens is 616 g/mol. The van der Waals surface area contributed by atoms with Gasteiger partial charge in [-0.3, -0.25) is 0 Å². The summed E-state index contributed by atoms with van der Waals surface area (Å²) >= 11 is 0. The largest absolute Gasteiger partial charge is 0.491 e. The van der Waals surface area contributed by atoms with Crippen molar-refractivity contribution in [1.29, 1.82) is 0 Å². The molecule has 0 heterocycles. The molecule has 0 amide bonds. The molecule has 0 bridgehead atoms. The number of sulfone groups is 2. The standard InChI is InChI=1S/C34H38O9S2/c1-24(2)42-26-14-18-28(19-15-26)44(36,37)32-12-8-6-10-30(32)40-22-34(5,35)23-41-31-11-7-9-13-33(31)45(38,39)29-20-16-27(17-21-29)43-25(3)4/h6-21,24-25,35H,22-23H2,1-5H3. The lowest BCUT2D eigenvalue weighted by molar-refractivity contribution is -0.0260. The zero-order valence-corrected chi connectivity index (χ0v) is 27.5. The maximum Gasteiger partial charge on any atom is 0.210 e. The number of benzene rings is 4. The zero-order chi connectivity index (χ0) is 32.8. The van der Waals surface area contributed by atoms with Crippen LogP contribution < -0.4 is 18.9 Å². The van der Waals surface area contributed by atoms with Crippen LogP contribution in [-0.2, 0) is 19.7 Å². The lowest BCUT2D eigenvalue weighted by Crippen LogP contribution is -2.39. The van der Waals surface area contributed by atoms with E-state index < -0.39 is 25.3 Å². The Balaban J connectivity index is 1.47. The Labute approximate surface area is 265 Å². The van der Waals surface area contributed by atoms with Gasteiger partial charge in [0.1, 0.15) is 51.6 Å². The molecule has 240 valence electrons. The highest BCUT2D eigenvalue weighted by Crippen LogP contribution is 2.33. The molecule has 0 aliphatic rings. The lowest BCUT2D eigenvalue weighted by Gasteiger charge is -2.25. The van der Waals surface area contributed by atoms with Gasteiger partial charge in [0.15, 0.2) is 0 Å². The molecular formula is C34H38O9S2. The van der Waals surface area contributed by atoms with E-state index >= 15 is 0 Å². The fraction of sp³-hybridized carbons (Fsp3) is 0.294. The Morgan fingerprint density at radius 1 is 0.578 bits per heavy atom. The van der Waals surface area contributed by atoms with Crippen LogP contribution in [0.2, 0.25) is 0 Å². The second-order valence-electron chi connectivity index (χ2n) is 11.3. The Kier molecular flexibility index (Phi) is 10.5. The molecule has 4 rings (SSSR count). The van der Waals surface area contributed by atoms with Crippen molar-refractivity contribution in [1.82, 2.24) is 0 Å². The van der Waals surface area contributed by atoms with E-state index in [9.17, 15) is 21.9 Å². The molecule has 0 aromatic heterocycles. The van der Waals surface area contributed by atoms with E-state index in [1.165, 1.54) is 55.5 Å². The summed E-state index contributed by atoms with van der Waals surface area (Å²) in [5, 5.41) is 11.1. The Bertz CT molecular complexity index is 1660. The highest BCUT2D eigenvalue weighted by Gasteiger charge is 2.28. The van der Waals surface area contributed by atoms with Crippen molar-refractivity contribution >= 4 is 19.7 Å². The first-order chi connectivity index (χ1) is 21.2. The van der Waals surface area contributed by atoms with Crippen LogP contribution in [-0.4, -0.2) is 53.0 Å². The SMILES string of the molecule is CC(C)Oc1ccc(S(=O)(=O)c2ccccc2OCC(C)(O)COc2ccccc2S(=O)(=O)c2ccc(OC(C)C)cc2)cc1. The summed E-state index contributed by atoms with van der Waals surface area (Å²) in [6.07, 6.45) is -0.114. The first kappa shape index (κ1) is 33.8. The van der Waals surface area contributed by atoms with E-state index in [1.54, 1.807) is 48.5 Å². The van der Waals surface area contributed by atoms with E-state index in [1.807, 2.05) is 27.7 Å². The van der Waals surface area contributed by atoms with Gasteiger partial charge >= 0.3 is 0 Å². The van der Waals surface area contributed by atoms with Crippen molar-refractivity contribution < 1.29 is 40.9 Å². The smallest absolute Gasteiger partial charge is 0.210 e. The molecule has 0 saturated heterocycles. The van der Waals surface area contributed by atoms with E-state index in [0.717, 1.165) is 0 Å². The molecule has 0 fully saturated rings. The minimum absolute atomic E-state index is 0.0492. The summed E-state index contributed by atoms with van der Waals surface area (Å²) in [6.45, 7) is 8.28. The molecule has 0 unspecified atom stereocenters. The number of hydrogen-bond donors (Lipinski definition) is 1. The highest BCUT2D eigenvalue weighted by atomic mass is 32.2. The normalized spacial score (nSPS) is 12.3. The molecule has 0 radical (unpaired) electrons. The minimum atomic E-state index is -3.96. The van der Waals surface area contributed by atoms with Gasteiger partial charge < -0.3 is 24.1 Å². The Morgan fingerprint density at radius 3 is 1.24 bits per heavy atom. The van der Waals surface area contributed by atoms with Crippen LogP contribution in [0, 0.1) is 0 Å². The quantitative estimate of drug-likeness (QED) is 0.171. The monoisotopic (exact) mass is 654 g/mol. The van der Waals surface area contributed by atoms with Gasteiger partial charge in [-0.15, -0.1) is 0 Å². The van der Waals surface area contributed by atoms with Gasteiger partial charge in [-0.25, -0.2) is 16.8 Å². The van der Waals surface area contributed by atoms with Crippen molar-refractivity contribution in [2.75, 3.05) is 13.2 Å². The summed E-state index contributed by atoms with van der Waals surface area (Å²) in [5.41, 5.74) is -1.63. The fourth-order valence-electron chi connectivity index (χ4n) is 4.28. The Hall–Kier alpha value is -4.06. The van der Waals surface area contributed by atoms with Gasteiger partial charge in [0, 0.05) is 0 Å². The van der Waals surface area contributed by atoms with E-state index in [-0.39, 0.29) is 56.5 Å². The molecule has 4 aromatic rings. The van der Waals surface area contributed by atoms with E-state index in [4.69, 9.17) is 18.9 Å². The molecule has 0 saturated carbocycles. The van der Waals surface area contributed by atoms with Gasteiger partial charge in [-0.1, -0.05) is 24.3 Å². The molecule has 11 heteroatoms. The maximum absolute atomic E-state index is 13.5. The van der Waals surface area contributed by atoms with Crippen LogP contribution in [0.4, 0.5) is 0 Å². The summed E-state index contributed by atoms with van der Waals surface area (Å²) in [5.74, 6) is 1.20. The second kappa shape index (κ2) is 13.9. The van der Waals surface area contributed by atoms with E-state index in [0.29, 0.717) is 11.5 Å². The molecule has 1 N–H and O–H groups in total. The second-order valence-corrected chi connectivity index (χ2v) is 15.1. The molecule has 4 aromatic carbocycles. The highest BCUT2D eigenvalue weighted by molar-refractivity contribution is 7.92. The zero-order valence-electron chi connectivity index (χ0n) is 25.8. The van der Waals surface area contributed by atoms with Gasteiger partial charge in [0.25, 0.3) is 0 Å². The van der Waals surface area contributed by atoms with Crippen molar-refractivity contribution in [2.24, 2.45) is 0 Å². The molecule has 9 nitrogen and oxygen atoms in total.